The van der Waals surface area contributed by atoms with Gasteiger partial charge in [-0.25, -0.2) is 0 Å². The van der Waals surface area contributed by atoms with Crippen LogP contribution in [0.3, 0.4) is 0 Å². The minimum absolute atomic E-state index is 0.0433. The van der Waals surface area contributed by atoms with Crippen LogP contribution in [0.15, 0.2) is 30.3 Å². The zero-order chi connectivity index (χ0) is 45.3. The second-order valence-electron chi connectivity index (χ2n) is 21.3. The Bertz CT molecular complexity index is 2280. The molecular formula is C47H64O13Si2. The lowest BCUT2D eigenvalue weighted by Gasteiger charge is -2.52. The van der Waals surface area contributed by atoms with Gasteiger partial charge in [-0.15, -0.1) is 0 Å². The van der Waals surface area contributed by atoms with Crippen LogP contribution in [-0.4, -0.2) is 94.3 Å². The van der Waals surface area contributed by atoms with E-state index in [0.29, 0.717) is 50.1 Å². The Morgan fingerprint density at radius 3 is 2.00 bits per heavy atom. The molecule has 0 aromatic heterocycles. The number of ether oxygens (including phenoxy) is 5. The summed E-state index contributed by atoms with van der Waals surface area (Å²) in [5.41, 5.74) is 2.05. The van der Waals surface area contributed by atoms with Crippen molar-refractivity contribution >= 4 is 39.2 Å². The molecule has 13 nitrogen and oxygen atoms in total. The normalized spacial score (nSPS) is 27.8. The first-order chi connectivity index (χ1) is 28.9. The number of aryl methyl sites for hydroxylation is 1. The zero-order valence-electron chi connectivity index (χ0n) is 38.4. The summed E-state index contributed by atoms with van der Waals surface area (Å²) in [4.78, 5) is 29.9. The molecule has 6 atom stereocenters. The van der Waals surface area contributed by atoms with Crippen molar-refractivity contribution in [2.45, 2.75) is 153 Å². The van der Waals surface area contributed by atoms with Crippen molar-refractivity contribution in [2.24, 2.45) is 5.92 Å². The van der Waals surface area contributed by atoms with Gasteiger partial charge in [0.25, 0.3) is 0 Å². The lowest BCUT2D eigenvalue weighted by atomic mass is 9.78. The minimum atomic E-state index is -3.63. The molecule has 4 heterocycles. The Balaban J connectivity index is 1.41. The largest absolute Gasteiger partial charge is 0.510 e. The fourth-order valence-electron chi connectivity index (χ4n) is 10.2. The maximum absolute atomic E-state index is 15.6. The van der Waals surface area contributed by atoms with Crippen molar-refractivity contribution in [1.29, 1.82) is 0 Å². The van der Waals surface area contributed by atoms with Gasteiger partial charge in [-0.1, -0.05) is 80.5 Å². The number of hydrogen-bond acceptors (Lipinski definition) is 13. The van der Waals surface area contributed by atoms with Crippen LogP contribution in [-0.2, 0) is 41.4 Å². The summed E-state index contributed by atoms with van der Waals surface area (Å²) in [7, 11) is -4.56. The summed E-state index contributed by atoms with van der Waals surface area (Å²) >= 11 is 0. The second-order valence-corrected chi connectivity index (χ2v) is 30.7. The minimum Gasteiger partial charge on any atom is -0.510 e. The lowest BCUT2D eigenvalue weighted by molar-refractivity contribution is -0.239. The molecule has 3 aromatic rings. The molecule has 3 N–H and O–H groups in total. The molecule has 1 aliphatic carbocycles. The van der Waals surface area contributed by atoms with Crippen LogP contribution < -0.4 is 13.6 Å². The van der Waals surface area contributed by atoms with Crippen LogP contribution in [0.2, 0.25) is 28.2 Å². The van der Waals surface area contributed by atoms with E-state index in [0.717, 1.165) is 11.3 Å². The van der Waals surface area contributed by atoms with Crippen LogP contribution in [0.4, 0.5) is 0 Å². The molecule has 8 rings (SSSR count). The highest BCUT2D eigenvalue weighted by Crippen LogP contribution is 2.66. The van der Waals surface area contributed by atoms with Gasteiger partial charge < -0.3 is 52.3 Å². The summed E-state index contributed by atoms with van der Waals surface area (Å²) in [5.74, 6) is -1.84. The predicted molar refractivity (Wildman–Crippen MR) is 235 cm³/mol. The monoisotopic (exact) mass is 892 g/mol. The number of aliphatic hydroxyl groups is 3. The molecule has 0 saturated carbocycles. The van der Waals surface area contributed by atoms with Gasteiger partial charge >= 0.3 is 8.56 Å². The molecule has 15 heteroatoms. The molecule has 3 fully saturated rings. The summed E-state index contributed by atoms with van der Waals surface area (Å²) < 4.78 is 53.4. The Hall–Kier alpha value is -3.23. The van der Waals surface area contributed by atoms with Crippen molar-refractivity contribution in [2.75, 3.05) is 26.9 Å². The van der Waals surface area contributed by atoms with E-state index >= 15 is 4.79 Å². The van der Waals surface area contributed by atoms with E-state index in [1.54, 1.807) is 7.11 Å². The van der Waals surface area contributed by atoms with Crippen LogP contribution in [0.5, 0.6) is 17.2 Å². The molecule has 3 saturated heterocycles. The third-order valence-electron chi connectivity index (χ3n) is 14.5. The van der Waals surface area contributed by atoms with Crippen LogP contribution >= 0.6 is 0 Å². The maximum Gasteiger partial charge on any atom is 0.471 e. The van der Waals surface area contributed by atoms with Gasteiger partial charge in [0.05, 0.1) is 63.1 Å². The van der Waals surface area contributed by atoms with Gasteiger partial charge in [0, 0.05) is 27.6 Å². The van der Waals surface area contributed by atoms with Crippen molar-refractivity contribution < 1.29 is 61.9 Å². The smallest absolute Gasteiger partial charge is 0.471 e. The zero-order valence-corrected chi connectivity index (χ0v) is 40.4. The van der Waals surface area contributed by atoms with Gasteiger partial charge in [0.2, 0.25) is 17.2 Å². The number of carbonyl (C=O) groups excluding carboxylic acids is 2. The summed E-state index contributed by atoms with van der Waals surface area (Å²) in [5, 5.41) is 32.1. The Morgan fingerprint density at radius 2 is 1.47 bits per heavy atom. The fraction of sp³-hybridized carbons (Fsp3) is 0.617. The van der Waals surface area contributed by atoms with E-state index in [1.165, 1.54) is 0 Å². The highest BCUT2D eigenvalue weighted by molar-refractivity contribution is 6.75. The molecule has 1 spiro atoms. The van der Waals surface area contributed by atoms with Crippen molar-refractivity contribution in [3.05, 3.63) is 63.7 Å². The van der Waals surface area contributed by atoms with Crippen molar-refractivity contribution in [3.63, 3.8) is 0 Å². The van der Waals surface area contributed by atoms with Crippen LogP contribution in [0.1, 0.15) is 119 Å². The summed E-state index contributed by atoms with van der Waals surface area (Å²) in [6, 6.07) is 9.56. The number of fused-ring (bicyclic) bond motifs is 5. The quantitative estimate of drug-likeness (QED) is 0.126. The number of methoxy groups -OCH3 is 1. The average Bonchev–Trinajstić information content (AvgIpc) is 3.86. The van der Waals surface area contributed by atoms with E-state index in [-0.39, 0.29) is 36.2 Å². The maximum atomic E-state index is 15.6. The Kier molecular flexibility index (Phi) is 10.9. The van der Waals surface area contributed by atoms with E-state index in [4.69, 9.17) is 37.0 Å². The molecule has 2 unspecified atom stereocenters. The van der Waals surface area contributed by atoms with Gasteiger partial charge in [-0.05, 0) is 59.3 Å². The molecule has 62 heavy (non-hydrogen) atoms. The number of carbonyl (C=O) groups is 2. The van der Waals surface area contributed by atoms with Gasteiger partial charge in [0.1, 0.15) is 29.5 Å². The first kappa shape index (κ1) is 45.3. The number of aliphatic hydroxyl groups excluding tert-OH is 3. The van der Waals surface area contributed by atoms with E-state index < -0.39 is 88.5 Å². The highest BCUT2D eigenvalue weighted by atomic mass is 28.4. The molecule has 338 valence electrons. The number of epoxide rings is 1. The molecule has 0 radical (unpaired) electrons. The molecular weight excluding hydrogens is 829 g/mol. The SMILES string of the molecule is COc1ccc(CO[C@@H]2C[C@@H](O[Si](C)(C)C(C)(C)C)C(=O)c3c2c(CO)c2cc(C)c([C@H]4OC5(C(CO)CO)O[C@@H]4C(=O)C54CO4)c4c2c3O[Si](C(C)(C)C)(C(C)(C)C)O4)cc1. The Labute approximate surface area is 366 Å². The highest BCUT2D eigenvalue weighted by Gasteiger charge is 2.83. The average molecular weight is 893 g/mol. The summed E-state index contributed by atoms with van der Waals surface area (Å²) in [6.45, 7) is 23.9. The van der Waals surface area contributed by atoms with Crippen LogP contribution in [0, 0.1) is 12.8 Å². The number of hydrogen-bond donors (Lipinski definition) is 3. The summed E-state index contributed by atoms with van der Waals surface area (Å²) in [6.07, 6.45) is -3.51. The van der Waals surface area contributed by atoms with Gasteiger partial charge in [-0.2, -0.15) is 0 Å². The topological polar surface area (TPSA) is 172 Å². The third kappa shape index (κ3) is 6.43. The first-order valence-corrected chi connectivity index (χ1v) is 26.5. The molecule has 3 aromatic carbocycles. The van der Waals surface area contributed by atoms with Crippen LogP contribution in [0.25, 0.3) is 10.8 Å². The van der Waals surface area contributed by atoms with Crippen molar-refractivity contribution in [3.8, 4) is 17.2 Å². The first-order valence-electron chi connectivity index (χ1n) is 21.7. The Morgan fingerprint density at radius 1 is 0.871 bits per heavy atom. The number of rotatable bonds is 11. The number of Topliss-reactive ketones (excluding diaryl/α,β-unsaturated/α-hetero) is 2. The standard InChI is InChI=1S/C47H64O13Si2/c1-25-18-29-30(22-50)34-31(54-23-26-14-16-28(53-11)17-15-26)19-32(58-61(12,13)43(2,3)4)37(51)36(34)39-35(29)38(59-62(60-39,44(5,6)7)45(8,9)10)33(25)40-41-42(52)46(24-55-46)47(56-40,57-41)27(20-48)21-49/h14-18,27,31-32,40-41,48-50H,19-24H2,1-13H3/t31-,32-,40-,41+,46?,47?/m1/s1. The van der Waals surface area contributed by atoms with E-state index in [1.807, 2.05) is 37.3 Å². The number of ketones is 2. The van der Waals surface area contributed by atoms with E-state index in [2.05, 4.69) is 75.4 Å². The second kappa shape index (κ2) is 14.9. The predicted octanol–water partition coefficient (Wildman–Crippen LogP) is 7.80. The van der Waals surface area contributed by atoms with Crippen molar-refractivity contribution in [1.82, 2.24) is 0 Å². The van der Waals surface area contributed by atoms with E-state index in [9.17, 15) is 20.1 Å². The molecule has 2 bridgehead atoms. The van der Waals surface area contributed by atoms with Gasteiger partial charge in [0.15, 0.2) is 20.2 Å². The molecule has 5 aliphatic rings. The molecule has 0 amide bonds. The third-order valence-corrected chi connectivity index (χ3v) is 23.9. The lowest BCUT2D eigenvalue weighted by Crippen LogP contribution is -2.64. The number of benzene rings is 3. The fourth-order valence-corrected chi connectivity index (χ4v) is 16.0. The van der Waals surface area contributed by atoms with Gasteiger partial charge in [-0.3, -0.25) is 9.59 Å². The molecule has 4 aliphatic heterocycles.